The van der Waals surface area contributed by atoms with Crippen LogP contribution in [0.5, 0.6) is 0 Å². The lowest BCUT2D eigenvalue weighted by molar-refractivity contribution is 0.191. The second-order valence-corrected chi connectivity index (χ2v) is 2.35. The molecule has 0 aromatic carbocycles. The average molecular weight is 164 g/mol. The summed E-state index contributed by atoms with van der Waals surface area (Å²) in [5, 5.41) is 16.4. The number of aliphatic hydroxyl groups is 2. The third-order valence-corrected chi connectivity index (χ3v) is 0.591. The summed E-state index contributed by atoms with van der Waals surface area (Å²) in [7, 11) is 0. The Balaban J connectivity index is -0.0000000910. The van der Waals surface area contributed by atoms with Crippen molar-refractivity contribution in [3.05, 3.63) is 0 Å². The zero-order valence-electron chi connectivity index (χ0n) is 6.76. The van der Waals surface area contributed by atoms with Crippen LogP contribution in [0.15, 0.2) is 0 Å². The lowest BCUT2D eigenvalue weighted by atomic mass is 10.3. The zero-order valence-corrected chi connectivity index (χ0v) is 6.76. The molecule has 2 nitrogen and oxygen atoms in total. The van der Waals surface area contributed by atoms with Crippen molar-refractivity contribution in [2.45, 2.75) is 46.3 Å². The maximum absolute atomic E-state index is 8.36. The van der Waals surface area contributed by atoms with E-state index in [0.29, 0.717) is 0 Å². The van der Waals surface area contributed by atoms with E-state index < -0.39 is 0 Å². The van der Waals surface area contributed by atoms with Crippen molar-refractivity contribution < 1.29 is 10.2 Å². The van der Waals surface area contributed by atoms with Gasteiger partial charge in [0, 0.05) is 6.10 Å². The van der Waals surface area contributed by atoms with Gasteiger partial charge in [0.1, 0.15) is 0 Å². The summed E-state index contributed by atoms with van der Waals surface area (Å²) in [5.74, 6) is 0. The lowest BCUT2D eigenvalue weighted by Gasteiger charge is -1.90. The Morgan fingerprint density at radius 1 is 1.10 bits per heavy atom. The van der Waals surface area contributed by atoms with Crippen molar-refractivity contribution in [1.29, 1.82) is 0 Å². The number of hydrogen-bond donors (Lipinski definition) is 2. The van der Waals surface area contributed by atoms with Crippen LogP contribution in [-0.4, -0.2) is 39.8 Å². The quantitative estimate of drug-likeness (QED) is 0.535. The molecule has 0 heterocycles. The van der Waals surface area contributed by atoms with Crippen molar-refractivity contribution in [1.82, 2.24) is 0 Å². The molecule has 0 fully saturated rings. The van der Waals surface area contributed by atoms with Gasteiger partial charge in [0.15, 0.2) is 17.4 Å². The second kappa shape index (κ2) is 12.2. The molecule has 0 aromatic rings. The first-order valence-corrected chi connectivity index (χ1v) is 3.36. The van der Waals surface area contributed by atoms with E-state index in [0.717, 1.165) is 6.42 Å². The SMILES string of the molecule is CC(C)O.CCC(C)O.[AlH3]. The fraction of sp³-hybridized carbons (Fsp3) is 1.00. The standard InChI is InChI=1S/C4H10O.C3H8O.Al.3H/c1-3-4(2)5;1-3(2)4;;;;/h4-5H,3H2,1-2H3;3-4H,1-2H3;;;;. The summed E-state index contributed by atoms with van der Waals surface area (Å²) < 4.78 is 0. The Bertz CT molecular complexity index is 44.1. The first-order chi connectivity index (χ1) is 4.00. The molecule has 1 unspecified atom stereocenters. The Morgan fingerprint density at radius 2 is 1.20 bits per heavy atom. The van der Waals surface area contributed by atoms with Crippen molar-refractivity contribution in [2.75, 3.05) is 0 Å². The van der Waals surface area contributed by atoms with Crippen LogP contribution in [0.25, 0.3) is 0 Å². The third-order valence-electron chi connectivity index (χ3n) is 0.591. The van der Waals surface area contributed by atoms with Crippen LogP contribution in [0.2, 0.25) is 0 Å². The third kappa shape index (κ3) is 78.1. The number of aliphatic hydroxyl groups excluding tert-OH is 2. The van der Waals surface area contributed by atoms with Crippen molar-refractivity contribution >= 4 is 17.4 Å². The van der Waals surface area contributed by atoms with E-state index in [-0.39, 0.29) is 29.6 Å². The van der Waals surface area contributed by atoms with Crippen LogP contribution in [0.4, 0.5) is 0 Å². The molecule has 0 amide bonds. The maximum Gasteiger partial charge on any atom is 0.187 e. The molecule has 0 aromatic heterocycles. The molecule has 10 heavy (non-hydrogen) atoms. The molecule has 0 aliphatic rings. The summed E-state index contributed by atoms with van der Waals surface area (Å²) in [6.07, 6.45) is 0.579. The molecule has 0 rings (SSSR count). The first kappa shape index (κ1) is 16.8. The molecule has 0 saturated carbocycles. The van der Waals surface area contributed by atoms with Gasteiger partial charge in [0.2, 0.25) is 0 Å². The fourth-order valence-electron chi connectivity index (χ4n) is 0. The highest BCUT2D eigenvalue weighted by molar-refractivity contribution is 5.75. The van der Waals surface area contributed by atoms with Gasteiger partial charge < -0.3 is 10.2 Å². The number of hydrogen-bond acceptors (Lipinski definition) is 2. The van der Waals surface area contributed by atoms with Gasteiger partial charge in [0.05, 0.1) is 6.10 Å². The van der Waals surface area contributed by atoms with Gasteiger partial charge in [-0.25, -0.2) is 0 Å². The summed E-state index contributed by atoms with van der Waals surface area (Å²) in [6, 6.07) is 0. The molecule has 0 radical (unpaired) electrons. The van der Waals surface area contributed by atoms with E-state index in [1.54, 1.807) is 20.8 Å². The zero-order chi connectivity index (χ0) is 7.86. The molecule has 64 valence electrons. The van der Waals surface area contributed by atoms with E-state index >= 15 is 0 Å². The van der Waals surface area contributed by atoms with Crippen LogP contribution >= 0.6 is 0 Å². The average Bonchev–Trinajstić information content (AvgIpc) is 1.65. The highest BCUT2D eigenvalue weighted by Gasteiger charge is 1.81. The molecular formula is C7H21AlO2. The fourth-order valence-corrected chi connectivity index (χ4v) is 0. The topological polar surface area (TPSA) is 40.5 Å². The van der Waals surface area contributed by atoms with E-state index in [2.05, 4.69) is 0 Å². The van der Waals surface area contributed by atoms with Gasteiger partial charge in [-0.15, -0.1) is 0 Å². The minimum absolute atomic E-state index is 0. The molecule has 1 atom stereocenters. The van der Waals surface area contributed by atoms with Crippen LogP contribution in [0, 0.1) is 0 Å². The van der Waals surface area contributed by atoms with Gasteiger partial charge in [0.25, 0.3) is 0 Å². The maximum atomic E-state index is 8.36. The van der Waals surface area contributed by atoms with E-state index in [4.69, 9.17) is 10.2 Å². The van der Waals surface area contributed by atoms with Gasteiger partial charge in [-0.05, 0) is 27.2 Å². The molecular weight excluding hydrogens is 143 g/mol. The summed E-state index contributed by atoms with van der Waals surface area (Å²) in [4.78, 5) is 0. The second-order valence-electron chi connectivity index (χ2n) is 2.35. The van der Waals surface area contributed by atoms with Crippen molar-refractivity contribution in [3.8, 4) is 0 Å². The first-order valence-electron chi connectivity index (χ1n) is 3.36. The van der Waals surface area contributed by atoms with E-state index in [1.165, 1.54) is 0 Å². The van der Waals surface area contributed by atoms with Crippen LogP contribution in [0.1, 0.15) is 34.1 Å². The van der Waals surface area contributed by atoms with Gasteiger partial charge in [-0.2, -0.15) is 0 Å². The van der Waals surface area contributed by atoms with E-state index in [9.17, 15) is 0 Å². The molecule has 0 aliphatic heterocycles. The lowest BCUT2D eigenvalue weighted by Crippen LogP contribution is -1.93. The monoisotopic (exact) mass is 164 g/mol. The minimum Gasteiger partial charge on any atom is -0.394 e. The summed E-state index contributed by atoms with van der Waals surface area (Å²) in [5.41, 5.74) is 0. The largest absolute Gasteiger partial charge is 0.394 e. The Morgan fingerprint density at radius 3 is 1.20 bits per heavy atom. The molecule has 0 saturated heterocycles. The minimum atomic E-state index is -0.167. The molecule has 2 N–H and O–H groups in total. The highest BCUT2D eigenvalue weighted by atomic mass is 27.0. The van der Waals surface area contributed by atoms with Crippen LogP contribution in [0.3, 0.4) is 0 Å². The molecule has 3 heteroatoms. The molecule has 0 aliphatic carbocycles. The van der Waals surface area contributed by atoms with Gasteiger partial charge in [-0.1, -0.05) is 6.92 Å². The van der Waals surface area contributed by atoms with Crippen LogP contribution in [-0.2, 0) is 0 Å². The van der Waals surface area contributed by atoms with Gasteiger partial charge >= 0.3 is 0 Å². The molecule has 0 spiro atoms. The predicted molar refractivity (Wildman–Crippen MR) is 49.3 cm³/mol. The van der Waals surface area contributed by atoms with Crippen LogP contribution < -0.4 is 0 Å². The summed E-state index contributed by atoms with van der Waals surface area (Å²) in [6.45, 7) is 7.17. The predicted octanol–water partition coefficient (Wildman–Crippen LogP) is -0.0196. The Hall–Kier alpha value is 0.452. The van der Waals surface area contributed by atoms with Gasteiger partial charge in [-0.3, -0.25) is 0 Å². The smallest absolute Gasteiger partial charge is 0.187 e. The highest BCUT2D eigenvalue weighted by Crippen LogP contribution is 1.81. The van der Waals surface area contributed by atoms with Crippen molar-refractivity contribution in [2.24, 2.45) is 0 Å². The Labute approximate surface area is 74.4 Å². The molecule has 0 bridgehead atoms. The van der Waals surface area contributed by atoms with Crippen molar-refractivity contribution in [3.63, 3.8) is 0 Å². The normalized spacial score (nSPS) is 11.1. The summed E-state index contributed by atoms with van der Waals surface area (Å²) >= 11 is 0. The number of rotatable bonds is 1. The van der Waals surface area contributed by atoms with E-state index in [1.807, 2.05) is 6.92 Å². The Kier molecular flexibility index (Phi) is 20.4.